The number of sulfone groups is 1. The number of nitrogens with zero attached hydrogens (tertiary/aromatic N) is 1. The predicted molar refractivity (Wildman–Crippen MR) is 80.2 cm³/mol. The summed E-state index contributed by atoms with van der Waals surface area (Å²) < 4.78 is 28.9. The first kappa shape index (κ1) is 15.2. The molecular weight excluding hydrogens is 274 g/mol. The minimum absolute atomic E-state index is 0.112. The second kappa shape index (κ2) is 6.08. The molecule has 1 atom stereocenters. The van der Waals surface area contributed by atoms with Crippen molar-refractivity contribution in [1.29, 1.82) is 0 Å². The van der Waals surface area contributed by atoms with Gasteiger partial charge >= 0.3 is 0 Å². The standard InChI is InChI=1S/C15H21NO3S/c1-3-20(17,18)12-10-16-9-11-19-15(2,13-16)14-7-5-4-6-8-14/h3-8H,1,9-13H2,2H3. The molecule has 1 aliphatic heterocycles. The van der Waals surface area contributed by atoms with Crippen molar-refractivity contribution in [2.45, 2.75) is 12.5 Å². The highest BCUT2D eigenvalue weighted by Gasteiger charge is 2.33. The Labute approximate surface area is 121 Å². The summed E-state index contributed by atoms with van der Waals surface area (Å²) in [6, 6.07) is 10.0. The summed E-state index contributed by atoms with van der Waals surface area (Å²) in [6.07, 6.45) is 0. The van der Waals surface area contributed by atoms with Gasteiger partial charge in [-0.2, -0.15) is 0 Å². The lowest BCUT2D eigenvalue weighted by atomic mass is 9.94. The van der Waals surface area contributed by atoms with Crippen molar-refractivity contribution in [3.05, 3.63) is 47.9 Å². The van der Waals surface area contributed by atoms with Crippen LogP contribution >= 0.6 is 0 Å². The Hall–Kier alpha value is -1.17. The maximum absolute atomic E-state index is 11.5. The van der Waals surface area contributed by atoms with Gasteiger partial charge in [0.05, 0.1) is 12.4 Å². The average molecular weight is 295 g/mol. The molecule has 0 amide bonds. The third-order valence-corrected chi connectivity index (χ3v) is 4.94. The van der Waals surface area contributed by atoms with Gasteiger partial charge in [-0.15, -0.1) is 0 Å². The van der Waals surface area contributed by atoms with Crippen LogP contribution in [0.15, 0.2) is 42.3 Å². The van der Waals surface area contributed by atoms with E-state index < -0.39 is 9.84 Å². The van der Waals surface area contributed by atoms with E-state index in [9.17, 15) is 8.42 Å². The molecule has 0 aliphatic carbocycles. The summed E-state index contributed by atoms with van der Waals surface area (Å²) in [5, 5.41) is 1.03. The van der Waals surface area contributed by atoms with E-state index in [4.69, 9.17) is 4.74 Å². The molecule has 1 unspecified atom stereocenters. The van der Waals surface area contributed by atoms with Crippen molar-refractivity contribution in [1.82, 2.24) is 4.90 Å². The molecule has 4 nitrogen and oxygen atoms in total. The zero-order chi connectivity index (χ0) is 14.6. The molecule has 5 heteroatoms. The van der Waals surface area contributed by atoms with Crippen LogP contribution < -0.4 is 0 Å². The zero-order valence-corrected chi connectivity index (χ0v) is 12.6. The van der Waals surface area contributed by atoms with Crippen molar-refractivity contribution in [3.63, 3.8) is 0 Å². The van der Waals surface area contributed by atoms with Gasteiger partial charge in [-0.1, -0.05) is 36.9 Å². The Morgan fingerprint density at radius 2 is 2.10 bits per heavy atom. The first-order valence-corrected chi connectivity index (χ1v) is 8.44. The van der Waals surface area contributed by atoms with E-state index >= 15 is 0 Å². The van der Waals surface area contributed by atoms with Crippen molar-refractivity contribution >= 4 is 9.84 Å². The minimum atomic E-state index is -3.14. The van der Waals surface area contributed by atoms with E-state index in [-0.39, 0.29) is 11.4 Å². The van der Waals surface area contributed by atoms with Gasteiger partial charge < -0.3 is 4.74 Å². The smallest absolute Gasteiger partial charge is 0.172 e. The third-order valence-electron chi connectivity index (χ3n) is 3.68. The van der Waals surface area contributed by atoms with Gasteiger partial charge in [0.2, 0.25) is 0 Å². The van der Waals surface area contributed by atoms with Gasteiger partial charge in [0.1, 0.15) is 5.60 Å². The molecule has 0 aromatic heterocycles. The first-order chi connectivity index (χ1) is 9.45. The van der Waals surface area contributed by atoms with Gasteiger partial charge in [0.25, 0.3) is 0 Å². The molecule has 0 radical (unpaired) electrons. The summed E-state index contributed by atoms with van der Waals surface area (Å²) in [7, 11) is -3.14. The van der Waals surface area contributed by atoms with E-state index in [0.29, 0.717) is 19.7 Å². The van der Waals surface area contributed by atoms with E-state index in [1.165, 1.54) is 0 Å². The fraction of sp³-hybridized carbons (Fsp3) is 0.467. The van der Waals surface area contributed by atoms with E-state index in [1.807, 2.05) is 30.3 Å². The molecule has 1 saturated heterocycles. The van der Waals surface area contributed by atoms with E-state index in [2.05, 4.69) is 18.4 Å². The van der Waals surface area contributed by atoms with Crippen molar-refractivity contribution < 1.29 is 13.2 Å². The highest BCUT2D eigenvalue weighted by atomic mass is 32.2. The molecule has 2 rings (SSSR count). The lowest BCUT2D eigenvalue weighted by Crippen LogP contribution is -2.49. The highest BCUT2D eigenvalue weighted by molar-refractivity contribution is 7.94. The summed E-state index contributed by atoms with van der Waals surface area (Å²) in [5.41, 5.74) is 0.744. The van der Waals surface area contributed by atoms with Crippen LogP contribution in [-0.4, -0.2) is 45.3 Å². The molecule has 1 heterocycles. The van der Waals surface area contributed by atoms with Crippen LogP contribution in [0.3, 0.4) is 0 Å². The van der Waals surface area contributed by atoms with Gasteiger partial charge in [0.15, 0.2) is 9.84 Å². The third kappa shape index (κ3) is 3.69. The molecule has 1 aliphatic rings. The average Bonchev–Trinajstić information content (AvgIpc) is 2.46. The van der Waals surface area contributed by atoms with Crippen molar-refractivity contribution in [3.8, 4) is 0 Å². The maximum Gasteiger partial charge on any atom is 0.172 e. The predicted octanol–water partition coefficient (Wildman–Crippen LogP) is 1.79. The van der Waals surface area contributed by atoms with Gasteiger partial charge in [0, 0.05) is 25.0 Å². The van der Waals surface area contributed by atoms with Crippen LogP contribution in [0.25, 0.3) is 0 Å². The molecule has 1 fully saturated rings. The summed E-state index contributed by atoms with van der Waals surface area (Å²) >= 11 is 0. The number of morpholine rings is 1. The Kier molecular flexibility index (Phi) is 4.62. The summed E-state index contributed by atoms with van der Waals surface area (Å²) in [6.45, 7) is 7.97. The van der Waals surface area contributed by atoms with Gasteiger partial charge in [-0.25, -0.2) is 8.42 Å². The van der Waals surface area contributed by atoms with E-state index in [1.54, 1.807) is 0 Å². The Morgan fingerprint density at radius 1 is 1.40 bits per heavy atom. The number of hydrogen-bond donors (Lipinski definition) is 0. The topological polar surface area (TPSA) is 46.6 Å². The second-order valence-electron chi connectivity index (χ2n) is 5.26. The Bertz CT molecular complexity index is 556. The molecule has 1 aromatic rings. The molecule has 110 valence electrons. The quantitative estimate of drug-likeness (QED) is 0.831. The molecular formula is C15H21NO3S. The normalized spacial score (nSPS) is 24.4. The van der Waals surface area contributed by atoms with Crippen LogP contribution in [0.2, 0.25) is 0 Å². The van der Waals surface area contributed by atoms with Crippen LogP contribution in [-0.2, 0) is 20.2 Å². The molecule has 0 bridgehead atoms. The lowest BCUT2D eigenvalue weighted by molar-refractivity contribution is -0.101. The Morgan fingerprint density at radius 3 is 2.75 bits per heavy atom. The SMILES string of the molecule is C=CS(=O)(=O)CCN1CCOC(C)(c2ccccc2)C1. The second-order valence-corrected chi connectivity index (χ2v) is 7.32. The lowest BCUT2D eigenvalue weighted by Gasteiger charge is -2.40. The van der Waals surface area contributed by atoms with Crippen LogP contribution in [0.1, 0.15) is 12.5 Å². The maximum atomic E-state index is 11.5. The molecule has 1 aromatic carbocycles. The number of benzene rings is 1. The monoisotopic (exact) mass is 295 g/mol. The minimum Gasteiger partial charge on any atom is -0.368 e. The van der Waals surface area contributed by atoms with Crippen LogP contribution in [0.4, 0.5) is 0 Å². The number of hydrogen-bond acceptors (Lipinski definition) is 4. The largest absolute Gasteiger partial charge is 0.368 e. The molecule has 20 heavy (non-hydrogen) atoms. The highest BCUT2D eigenvalue weighted by Crippen LogP contribution is 2.29. The summed E-state index contributed by atoms with van der Waals surface area (Å²) in [4.78, 5) is 2.14. The number of rotatable bonds is 5. The summed E-state index contributed by atoms with van der Waals surface area (Å²) in [5.74, 6) is 0.112. The zero-order valence-electron chi connectivity index (χ0n) is 11.8. The fourth-order valence-electron chi connectivity index (χ4n) is 2.45. The molecule has 0 N–H and O–H groups in total. The van der Waals surface area contributed by atoms with Crippen LogP contribution in [0, 0.1) is 0 Å². The molecule has 0 saturated carbocycles. The first-order valence-electron chi connectivity index (χ1n) is 6.72. The van der Waals surface area contributed by atoms with Crippen LogP contribution in [0.5, 0.6) is 0 Å². The van der Waals surface area contributed by atoms with Gasteiger partial charge in [-0.05, 0) is 12.5 Å². The molecule has 0 spiro atoms. The van der Waals surface area contributed by atoms with Crippen molar-refractivity contribution in [2.75, 3.05) is 32.0 Å². The van der Waals surface area contributed by atoms with Gasteiger partial charge in [-0.3, -0.25) is 4.90 Å². The van der Waals surface area contributed by atoms with Crippen molar-refractivity contribution in [2.24, 2.45) is 0 Å². The van der Waals surface area contributed by atoms with E-state index in [0.717, 1.165) is 17.5 Å². The number of ether oxygens (including phenoxy) is 1. The Balaban J connectivity index is 2.03. The fourth-order valence-corrected chi connectivity index (χ4v) is 3.13.